The molecule has 192 valence electrons. The normalized spacial score (nSPS) is 11.6. The third-order valence-electron chi connectivity index (χ3n) is 8.47. The van der Waals surface area contributed by atoms with E-state index in [-0.39, 0.29) is 5.41 Å². The second kappa shape index (κ2) is 10.8. The lowest BCUT2D eigenvalue weighted by Gasteiger charge is -2.32. The molecule has 0 radical (unpaired) electrons. The molecule has 4 aromatic carbocycles. The Kier molecular flexibility index (Phi) is 7.78. The molecule has 0 unspecified atom stereocenters. The Morgan fingerprint density at radius 1 is 0.459 bits per heavy atom. The SMILES string of the molecule is Cc1c(CCc2ccc(N)cc2)ccc(C(C)(C)c2ccc(CCc3ccc(N)cc3)c(C)c2C)c1C. The van der Waals surface area contributed by atoms with Crippen LogP contribution in [0.3, 0.4) is 0 Å². The summed E-state index contributed by atoms with van der Waals surface area (Å²) in [6.07, 6.45) is 4.13. The van der Waals surface area contributed by atoms with Crippen LogP contribution in [0, 0.1) is 27.7 Å². The minimum Gasteiger partial charge on any atom is -0.399 e. The largest absolute Gasteiger partial charge is 0.399 e. The van der Waals surface area contributed by atoms with E-state index in [0.29, 0.717) is 0 Å². The maximum absolute atomic E-state index is 5.85. The molecule has 0 saturated carbocycles. The van der Waals surface area contributed by atoms with Gasteiger partial charge in [-0.3, -0.25) is 0 Å². The number of nitrogen functional groups attached to an aromatic ring is 2. The zero-order valence-corrected chi connectivity index (χ0v) is 23.4. The van der Waals surface area contributed by atoms with E-state index in [1.54, 1.807) is 0 Å². The fourth-order valence-electron chi connectivity index (χ4n) is 5.72. The average Bonchev–Trinajstić information content (AvgIpc) is 2.87. The maximum atomic E-state index is 5.85. The van der Waals surface area contributed by atoms with Gasteiger partial charge in [0.25, 0.3) is 0 Å². The smallest absolute Gasteiger partial charge is 0.0314 e. The molecule has 0 heterocycles. The summed E-state index contributed by atoms with van der Waals surface area (Å²) in [5.74, 6) is 0. The predicted octanol–water partition coefficient (Wildman–Crippen LogP) is 7.98. The summed E-state index contributed by atoms with van der Waals surface area (Å²) in [6, 6.07) is 25.9. The molecule has 0 aromatic heterocycles. The molecule has 0 fully saturated rings. The summed E-state index contributed by atoms with van der Waals surface area (Å²) in [6.45, 7) is 13.9. The first-order chi connectivity index (χ1) is 17.6. The zero-order valence-electron chi connectivity index (χ0n) is 23.4. The molecule has 4 N–H and O–H groups in total. The van der Waals surface area contributed by atoms with Crippen molar-refractivity contribution in [3.05, 3.63) is 128 Å². The fraction of sp³-hybridized carbons (Fsp3) is 0.314. The Morgan fingerprint density at radius 2 is 0.811 bits per heavy atom. The molecule has 2 nitrogen and oxygen atoms in total. The van der Waals surface area contributed by atoms with Gasteiger partial charge < -0.3 is 11.5 Å². The Bertz CT molecular complexity index is 1270. The van der Waals surface area contributed by atoms with Gasteiger partial charge >= 0.3 is 0 Å². The summed E-state index contributed by atoms with van der Waals surface area (Å²) in [5.41, 5.74) is 27.3. The van der Waals surface area contributed by atoms with Gasteiger partial charge in [0.15, 0.2) is 0 Å². The van der Waals surface area contributed by atoms with Crippen molar-refractivity contribution in [2.75, 3.05) is 11.5 Å². The summed E-state index contributed by atoms with van der Waals surface area (Å²) in [5, 5.41) is 0. The highest BCUT2D eigenvalue weighted by Crippen LogP contribution is 2.38. The van der Waals surface area contributed by atoms with Crippen LogP contribution in [0.5, 0.6) is 0 Å². The Hall–Kier alpha value is -3.52. The lowest BCUT2D eigenvalue weighted by Crippen LogP contribution is -2.23. The van der Waals surface area contributed by atoms with Crippen LogP contribution in [0.2, 0.25) is 0 Å². The number of nitrogens with two attached hydrogens (primary N) is 2. The molecule has 4 rings (SSSR count). The van der Waals surface area contributed by atoms with E-state index < -0.39 is 0 Å². The molecule has 0 bridgehead atoms. The van der Waals surface area contributed by atoms with E-state index >= 15 is 0 Å². The standard InChI is InChI=1S/C35H42N2/c1-23-25(3)33(21-15-29(23)13-7-27-9-17-31(36)18-10-27)35(5,6)34-22-16-30(24(2)26(34)4)14-8-28-11-19-32(37)20-12-28/h9-12,15-22H,7-8,13-14,36-37H2,1-6H3. The summed E-state index contributed by atoms with van der Waals surface area (Å²) < 4.78 is 0. The zero-order chi connectivity index (χ0) is 26.7. The van der Waals surface area contributed by atoms with E-state index in [9.17, 15) is 0 Å². The minimum absolute atomic E-state index is 0.0747. The summed E-state index contributed by atoms with van der Waals surface area (Å²) >= 11 is 0. The van der Waals surface area contributed by atoms with Crippen LogP contribution in [0.15, 0.2) is 72.8 Å². The van der Waals surface area contributed by atoms with Gasteiger partial charge in [0.2, 0.25) is 0 Å². The predicted molar refractivity (Wildman–Crippen MR) is 160 cm³/mol. The molecular weight excluding hydrogens is 448 g/mol. The van der Waals surface area contributed by atoms with Gasteiger partial charge in [-0.15, -0.1) is 0 Å². The third-order valence-corrected chi connectivity index (χ3v) is 8.47. The van der Waals surface area contributed by atoms with E-state index in [2.05, 4.69) is 90.1 Å². The molecule has 37 heavy (non-hydrogen) atoms. The molecule has 0 spiro atoms. The lowest BCUT2D eigenvalue weighted by atomic mass is 9.72. The fourth-order valence-corrected chi connectivity index (χ4v) is 5.72. The maximum Gasteiger partial charge on any atom is 0.0314 e. The van der Waals surface area contributed by atoms with Crippen molar-refractivity contribution in [3.63, 3.8) is 0 Å². The van der Waals surface area contributed by atoms with Crippen LogP contribution in [-0.2, 0) is 31.1 Å². The van der Waals surface area contributed by atoms with Crippen LogP contribution in [0.25, 0.3) is 0 Å². The second-order valence-corrected chi connectivity index (χ2v) is 11.2. The Morgan fingerprint density at radius 3 is 1.16 bits per heavy atom. The van der Waals surface area contributed by atoms with Crippen molar-refractivity contribution in [2.45, 2.75) is 72.6 Å². The number of aryl methyl sites for hydroxylation is 4. The first-order valence-corrected chi connectivity index (χ1v) is 13.5. The number of benzene rings is 4. The Labute approximate surface area is 223 Å². The van der Waals surface area contributed by atoms with E-state index in [4.69, 9.17) is 11.5 Å². The van der Waals surface area contributed by atoms with Crippen LogP contribution < -0.4 is 11.5 Å². The van der Waals surface area contributed by atoms with Gasteiger partial charge in [0.05, 0.1) is 0 Å². The van der Waals surface area contributed by atoms with Gasteiger partial charge in [0.1, 0.15) is 0 Å². The van der Waals surface area contributed by atoms with E-state index in [1.165, 1.54) is 55.6 Å². The summed E-state index contributed by atoms with van der Waals surface area (Å²) in [4.78, 5) is 0. The van der Waals surface area contributed by atoms with Crippen molar-refractivity contribution >= 4 is 11.4 Å². The number of hydrogen-bond donors (Lipinski definition) is 2. The third kappa shape index (κ3) is 5.74. The van der Waals surface area contributed by atoms with Gasteiger partial charge in [-0.25, -0.2) is 0 Å². The monoisotopic (exact) mass is 490 g/mol. The van der Waals surface area contributed by atoms with Crippen LogP contribution in [-0.4, -0.2) is 0 Å². The molecule has 0 amide bonds. The van der Waals surface area contributed by atoms with Crippen molar-refractivity contribution in [1.29, 1.82) is 0 Å². The van der Waals surface area contributed by atoms with E-state index in [1.807, 2.05) is 24.3 Å². The first kappa shape index (κ1) is 26.5. The van der Waals surface area contributed by atoms with Crippen molar-refractivity contribution in [1.82, 2.24) is 0 Å². The quantitative estimate of drug-likeness (QED) is 0.246. The van der Waals surface area contributed by atoms with Crippen LogP contribution >= 0.6 is 0 Å². The Balaban J connectivity index is 1.55. The van der Waals surface area contributed by atoms with Crippen LogP contribution in [0.1, 0.15) is 69.5 Å². The minimum atomic E-state index is -0.0747. The number of rotatable bonds is 8. The van der Waals surface area contributed by atoms with Crippen LogP contribution in [0.4, 0.5) is 11.4 Å². The van der Waals surface area contributed by atoms with Gasteiger partial charge in [-0.2, -0.15) is 0 Å². The molecule has 0 aliphatic rings. The topological polar surface area (TPSA) is 52.0 Å². The highest BCUT2D eigenvalue weighted by atomic mass is 14.5. The van der Waals surface area contributed by atoms with Gasteiger partial charge in [-0.05, 0) is 133 Å². The van der Waals surface area contributed by atoms with Gasteiger partial charge in [0, 0.05) is 16.8 Å². The molecule has 0 atom stereocenters. The molecule has 0 aliphatic heterocycles. The molecule has 0 aliphatic carbocycles. The number of anilines is 2. The van der Waals surface area contributed by atoms with E-state index in [0.717, 1.165) is 37.1 Å². The van der Waals surface area contributed by atoms with Gasteiger partial charge in [-0.1, -0.05) is 62.4 Å². The number of hydrogen-bond acceptors (Lipinski definition) is 2. The molecule has 0 saturated heterocycles. The highest BCUT2D eigenvalue weighted by molar-refractivity contribution is 5.52. The van der Waals surface area contributed by atoms with Crippen molar-refractivity contribution in [2.24, 2.45) is 0 Å². The molecule has 2 heteroatoms. The average molecular weight is 491 g/mol. The summed E-state index contributed by atoms with van der Waals surface area (Å²) in [7, 11) is 0. The van der Waals surface area contributed by atoms with Crippen molar-refractivity contribution < 1.29 is 0 Å². The highest BCUT2D eigenvalue weighted by Gasteiger charge is 2.28. The lowest BCUT2D eigenvalue weighted by molar-refractivity contribution is 0.628. The second-order valence-electron chi connectivity index (χ2n) is 11.2. The molecule has 4 aromatic rings. The van der Waals surface area contributed by atoms with Crippen molar-refractivity contribution in [3.8, 4) is 0 Å². The molecular formula is C35H42N2. The first-order valence-electron chi connectivity index (χ1n) is 13.5.